The summed E-state index contributed by atoms with van der Waals surface area (Å²) in [4.78, 5) is 2.92. The van der Waals surface area contributed by atoms with E-state index in [0.717, 1.165) is 0 Å². The van der Waals surface area contributed by atoms with Crippen molar-refractivity contribution in [1.82, 2.24) is 0 Å². The zero-order valence-corrected chi connectivity index (χ0v) is 11.6. The summed E-state index contributed by atoms with van der Waals surface area (Å²) in [5.41, 5.74) is 0.325. The van der Waals surface area contributed by atoms with E-state index < -0.39 is 19.9 Å². The molecule has 1 rings (SSSR count). The molecule has 0 spiro atoms. The molecule has 0 amide bonds. The second-order valence-electron chi connectivity index (χ2n) is 2.41. The molecular formula is C6H3Cl2F5N2Sn. The van der Waals surface area contributed by atoms with E-state index in [9.17, 15) is 14.3 Å². The predicted molar refractivity (Wildman–Crippen MR) is 52.5 cm³/mol. The average Bonchev–Trinajstić information content (AvgIpc) is 1.99. The SMILES string of the molecule is N#[N+]c1ccc(Cl)cc1Cl.[F][Sn-]([F])([F])([F])[F]. The molecule has 0 heterocycles. The molecule has 0 bridgehead atoms. The van der Waals surface area contributed by atoms with Crippen LogP contribution in [-0.2, 0) is 0 Å². The van der Waals surface area contributed by atoms with Gasteiger partial charge in [0.2, 0.25) is 5.39 Å². The number of nitrogens with zero attached hydrogens (tertiary/aromatic N) is 2. The van der Waals surface area contributed by atoms with Gasteiger partial charge in [-0.2, -0.15) is 0 Å². The van der Waals surface area contributed by atoms with E-state index in [-0.39, 0.29) is 0 Å². The van der Waals surface area contributed by atoms with Crippen molar-refractivity contribution in [3.05, 3.63) is 33.2 Å². The minimum absolute atomic E-state index is 0.325. The molecule has 10 heteroatoms. The normalized spacial score (nSPS) is 12.8. The first-order valence-corrected chi connectivity index (χ1v) is 9.63. The number of hydrogen-bond donors (Lipinski definition) is 0. The number of hydrogen-bond acceptors (Lipinski definition) is 1. The van der Waals surface area contributed by atoms with Crippen LogP contribution in [0, 0.1) is 5.39 Å². The zero-order chi connectivity index (χ0) is 13.0. The van der Waals surface area contributed by atoms with E-state index in [2.05, 4.69) is 4.98 Å². The van der Waals surface area contributed by atoms with Gasteiger partial charge in [-0.1, -0.05) is 23.2 Å². The van der Waals surface area contributed by atoms with Gasteiger partial charge < -0.3 is 0 Å². The first-order chi connectivity index (χ1) is 6.97. The Morgan fingerprint density at radius 2 is 1.50 bits per heavy atom. The average molecular weight is 388 g/mol. The van der Waals surface area contributed by atoms with Crippen LogP contribution in [0.2, 0.25) is 10.0 Å². The molecule has 90 valence electrons. The second-order valence-corrected chi connectivity index (χ2v) is 7.33. The Labute approximate surface area is 101 Å². The summed E-state index contributed by atoms with van der Waals surface area (Å²) in [6, 6.07) is 4.64. The second kappa shape index (κ2) is 5.33. The first kappa shape index (κ1) is 15.7. The Hall–Kier alpha value is -0.331. The van der Waals surface area contributed by atoms with Gasteiger partial charge in [-0.05, 0) is 12.1 Å². The van der Waals surface area contributed by atoms with E-state index in [1.165, 1.54) is 12.1 Å². The van der Waals surface area contributed by atoms with Gasteiger partial charge in [0.15, 0.2) is 4.98 Å². The van der Waals surface area contributed by atoms with Crippen LogP contribution in [0.15, 0.2) is 18.2 Å². The third-order valence-corrected chi connectivity index (χ3v) is 1.56. The van der Waals surface area contributed by atoms with Crippen LogP contribution in [0.3, 0.4) is 0 Å². The number of benzene rings is 1. The van der Waals surface area contributed by atoms with E-state index in [1.807, 2.05) is 0 Å². The van der Waals surface area contributed by atoms with Crippen molar-refractivity contribution in [2.24, 2.45) is 0 Å². The Morgan fingerprint density at radius 3 is 1.81 bits per heavy atom. The van der Waals surface area contributed by atoms with E-state index in [1.54, 1.807) is 6.07 Å². The predicted octanol–water partition coefficient (Wildman–Crippen LogP) is 5.20. The molecule has 1 aromatic rings. The summed E-state index contributed by atoms with van der Waals surface area (Å²) in [6.45, 7) is 0. The summed E-state index contributed by atoms with van der Waals surface area (Å²) in [5, 5.41) is 9.17. The molecule has 16 heavy (non-hydrogen) atoms. The molecule has 0 aromatic heterocycles. The Bertz CT molecular complexity index is 408. The molecule has 0 atom stereocenters. The topological polar surface area (TPSA) is 28.1 Å². The molecular weight excluding hydrogens is 385 g/mol. The summed E-state index contributed by atoms with van der Waals surface area (Å²) in [6.07, 6.45) is 0. The summed E-state index contributed by atoms with van der Waals surface area (Å²) >= 11 is 1.90. The summed E-state index contributed by atoms with van der Waals surface area (Å²) in [7, 11) is 0. The van der Waals surface area contributed by atoms with Crippen LogP contribution in [0.25, 0.3) is 4.98 Å². The fourth-order valence-electron chi connectivity index (χ4n) is 0.562. The molecule has 0 fully saturated rings. The van der Waals surface area contributed by atoms with Crippen molar-refractivity contribution in [2.75, 3.05) is 0 Å². The van der Waals surface area contributed by atoms with E-state index in [4.69, 9.17) is 28.6 Å². The molecule has 0 radical (unpaired) electrons. The van der Waals surface area contributed by atoms with Crippen molar-refractivity contribution >= 4 is 48.7 Å². The van der Waals surface area contributed by atoms with Crippen molar-refractivity contribution in [3.8, 4) is 0 Å². The molecule has 0 aliphatic rings. The van der Waals surface area contributed by atoms with Gasteiger partial charge in [0, 0.05) is 11.1 Å². The molecule has 1 aromatic carbocycles. The summed E-state index contributed by atoms with van der Waals surface area (Å²) in [5.74, 6) is 0. The van der Waals surface area contributed by atoms with Crippen LogP contribution < -0.4 is 0 Å². The standard InChI is InChI=1S/C6H3Cl2N2.5FH.Sn/c7-4-1-2-6(10-9)5(8)3-4;;;;;;/h1-3H;5*1H;/q+1;;;;;;+4/p-5. The van der Waals surface area contributed by atoms with Crippen LogP contribution in [-0.4, -0.2) is 19.9 Å². The first-order valence-electron chi connectivity index (χ1n) is 3.48. The quantitative estimate of drug-likeness (QED) is 0.342. The Kier molecular flexibility index (Phi) is 5.22. The van der Waals surface area contributed by atoms with Gasteiger partial charge in [0.1, 0.15) is 5.02 Å². The third kappa shape index (κ3) is 10.2. The van der Waals surface area contributed by atoms with E-state index in [0.29, 0.717) is 15.7 Å². The third-order valence-electron chi connectivity index (χ3n) is 1.02. The van der Waals surface area contributed by atoms with Gasteiger partial charge >= 0.3 is 39.9 Å². The van der Waals surface area contributed by atoms with Crippen LogP contribution in [0.1, 0.15) is 0 Å². The number of halogens is 7. The van der Waals surface area contributed by atoms with Gasteiger partial charge in [-0.3, -0.25) is 0 Å². The Morgan fingerprint density at radius 1 is 1.06 bits per heavy atom. The number of rotatable bonds is 0. The van der Waals surface area contributed by atoms with Crippen LogP contribution in [0.4, 0.5) is 20.0 Å². The fourth-order valence-corrected chi connectivity index (χ4v) is 1.01. The molecule has 0 saturated carbocycles. The van der Waals surface area contributed by atoms with Gasteiger partial charge in [0.05, 0.1) is 0 Å². The molecule has 0 saturated heterocycles. The maximum atomic E-state index is 9.92. The molecule has 2 nitrogen and oxygen atoms in total. The number of diazo groups is 1. The van der Waals surface area contributed by atoms with Crippen molar-refractivity contribution in [2.45, 2.75) is 0 Å². The zero-order valence-electron chi connectivity index (χ0n) is 7.27. The minimum atomic E-state index is -9.26. The maximum absolute atomic E-state index is 9.92. The van der Waals surface area contributed by atoms with Crippen molar-refractivity contribution in [3.63, 3.8) is 0 Å². The van der Waals surface area contributed by atoms with E-state index >= 15 is 0 Å². The Balaban J connectivity index is 0.000000325. The fraction of sp³-hybridized carbons (Fsp3) is 0. The van der Waals surface area contributed by atoms with Crippen molar-refractivity contribution in [1.29, 1.82) is 5.39 Å². The molecule has 0 N–H and O–H groups in total. The molecule has 0 aliphatic heterocycles. The van der Waals surface area contributed by atoms with Crippen LogP contribution in [0.5, 0.6) is 0 Å². The molecule has 0 aliphatic carbocycles. The molecule has 0 unspecified atom stereocenters. The van der Waals surface area contributed by atoms with Gasteiger partial charge in [0.25, 0.3) is 0 Å². The van der Waals surface area contributed by atoms with Gasteiger partial charge in [-0.25, -0.2) is 0 Å². The van der Waals surface area contributed by atoms with Gasteiger partial charge in [-0.15, -0.1) is 0 Å². The monoisotopic (exact) mass is 388 g/mol. The van der Waals surface area contributed by atoms with Crippen LogP contribution >= 0.6 is 23.2 Å². The summed E-state index contributed by atoms with van der Waals surface area (Å²) < 4.78 is 49.6. The van der Waals surface area contributed by atoms with Crippen molar-refractivity contribution < 1.29 is 14.3 Å².